The molecule has 5 nitrogen and oxygen atoms in total. The van der Waals surface area contributed by atoms with Crippen molar-refractivity contribution >= 4 is 11.8 Å². The van der Waals surface area contributed by atoms with Gasteiger partial charge in [-0.3, -0.25) is 9.59 Å². The zero-order chi connectivity index (χ0) is 17.4. The number of hydrogen-bond acceptors (Lipinski definition) is 3. The molecule has 0 radical (unpaired) electrons. The highest BCUT2D eigenvalue weighted by Gasteiger charge is 2.25. The molecule has 0 spiro atoms. The second-order valence-corrected chi connectivity index (χ2v) is 5.73. The van der Waals surface area contributed by atoms with Crippen LogP contribution in [0.2, 0.25) is 0 Å². The van der Waals surface area contributed by atoms with Gasteiger partial charge in [-0.2, -0.15) is 0 Å². The van der Waals surface area contributed by atoms with Gasteiger partial charge in [0.1, 0.15) is 11.8 Å². The maximum atomic E-state index is 12.5. The fourth-order valence-corrected chi connectivity index (χ4v) is 2.46. The van der Waals surface area contributed by atoms with E-state index in [1.54, 1.807) is 30.2 Å². The van der Waals surface area contributed by atoms with Crippen LogP contribution in [0.3, 0.4) is 0 Å². The quantitative estimate of drug-likeness (QED) is 0.810. The number of carbonyl (C=O) groups excluding carboxylic acids is 2. The normalized spacial score (nSPS) is 11.8. The summed E-state index contributed by atoms with van der Waals surface area (Å²) in [6, 6.07) is 12.7. The maximum absolute atomic E-state index is 12.5. The molecule has 24 heavy (non-hydrogen) atoms. The van der Waals surface area contributed by atoms with E-state index < -0.39 is 6.04 Å². The Balaban J connectivity index is 2.03. The smallest absolute Gasteiger partial charge is 0.242 e. The number of rotatable bonds is 8. The van der Waals surface area contributed by atoms with Crippen molar-refractivity contribution in [1.82, 2.24) is 10.2 Å². The lowest BCUT2D eigenvalue weighted by atomic mass is 10.1. The van der Waals surface area contributed by atoms with Crippen molar-refractivity contribution in [2.75, 3.05) is 0 Å². The first kappa shape index (κ1) is 17.8. The predicted octanol–water partition coefficient (Wildman–Crippen LogP) is 3.11. The standard InChI is InChI=1S/C19H24N2O3/c1-3-8-18(22)21(14-16-9-5-4-6-10-16)15(2)19(23)20-13-17-11-7-12-24-17/h4-7,9-12,15H,3,8,13-14H2,1-2H3,(H,20,23)/t15-/m0/s1. The van der Waals surface area contributed by atoms with Crippen LogP contribution in [0.4, 0.5) is 0 Å². The number of amides is 2. The molecule has 5 heteroatoms. The van der Waals surface area contributed by atoms with E-state index in [1.807, 2.05) is 37.3 Å². The van der Waals surface area contributed by atoms with Crippen molar-refractivity contribution in [2.45, 2.75) is 45.8 Å². The number of nitrogens with one attached hydrogen (secondary N) is 1. The van der Waals surface area contributed by atoms with E-state index in [-0.39, 0.29) is 11.8 Å². The SMILES string of the molecule is CCCC(=O)N(Cc1ccccc1)[C@@H](C)C(=O)NCc1ccco1. The zero-order valence-electron chi connectivity index (χ0n) is 14.2. The molecule has 0 aliphatic carbocycles. The molecule has 0 unspecified atom stereocenters. The van der Waals surface area contributed by atoms with Crippen LogP contribution in [-0.2, 0) is 22.7 Å². The predicted molar refractivity (Wildman–Crippen MR) is 91.9 cm³/mol. The van der Waals surface area contributed by atoms with E-state index in [1.165, 1.54) is 0 Å². The molecule has 2 rings (SSSR count). The fourth-order valence-electron chi connectivity index (χ4n) is 2.46. The summed E-state index contributed by atoms with van der Waals surface area (Å²) in [5.41, 5.74) is 1.01. The molecule has 0 bridgehead atoms. The van der Waals surface area contributed by atoms with Crippen LogP contribution in [0.1, 0.15) is 38.0 Å². The highest BCUT2D eigenvalue weighted by atomic mass is 16.3. The molecule has 1 heterocycles. The second-order valence-electron chi connectivity index (χ2n) is 5.73. The van der Waals surface area contributed by atoms with Crippen LogP contribution in [0, 0.1) is 0 Å². The lowest BCUT2D eigenvalue weighted by Gasteiger charge is -2.28. The average Bonchev–Trinajstić information content (AvgIpc) is 3.11. The first-order chi connectivity index (χ1) is 11.6. The number of benzene rings is 1. The molecule has 2 aromatic rings. The summed E-state index contributed by atoms with van der Waals surface area (Å²) < 4.78 is 5.21. The van der Waals surface area contributed by atoms with E-state index in [0.717, 1.165) is 12.0 Å². The largest absolute Gasteiger partial charge is 0.467 e. The van der Waals surface area contributed by atoms with Gasteiger partial charge in [0.05, 0.1) is 12.8 Å². The molecule has 1 N–H and O–H groups in total. The molecule has 0 saturated heterocycles. The Morgan fingerprint density at radius 3 is 2.54 bits per heavy atom. The number of hydrogen-bond donors (Lipinski definition) is 1. The summed E-state index contributed by atoms with van der Waals surface area (Å²) >= 11 is 0. The van der Waals surface area contributed by atoms with Crippen LogP contribution in [0.15, 0.2) is 53.1 Å². The van der Waals surface area contributed by atoms with Crippen molar-refractivity contribution in [3.05, 3.63) is 60.1 Å². The highest BCUT2D eigenvalue weighted by molar-refractivity contribution is 5.87. The average molecular weight is 328 g/mol. The summed E-state index contributed by atoms with van der Waals surface area (Å²) in [7, 11) is 0. The van der Waals surface area contributed by atoms with Gasteiger partial charge in [0.15, 0.2) is 0 Å². The van der Waals surface area contributed by atoms with E-state index in [4.69, 9.17) is 4.42 Å². The highest BCUT2D eigenvalue weighted by Crippen LogP contribution is 2.12. The van der Waals surface area contributed by atoms with Crippen LogP contribution >= 0.6 is 0 Å². The molecule has 1 atom stereocenters. The molecule has 128 valence electrons. The van der Waals surface area contributed by atoms with Gasteiger partial charge in [0.25, 0.3) is 0 Å². The van der Waals surface area contributed by atoms with Crippen LogP contribution in [0.5, 0.6) is 0 Å². The Hall–Kier alpha value is -2.56. The van der Waals surface area contributed by atoms with E-state index >= 15 is 0 Å². The molecule has 0 saturated carbocycles. The van der Waals surface area contributed by atoms with Crippen LogP contribution in [0.25, 0.3) is 0 Å². The second kappa shape index (κ2) is 8.91. The third-order valence-corrected chi connectivity index (χ3v) is 3.84. The molecule has 1 aromatic heterocycles. The van der Waals surface area contributed by atoms with Crippen molar-refractivity contribution < 1.29 is 14.0 Å². The first-order valence-corrected chi connectivity index (χ1v) is 8.25. The number of furan rings is 1. The van der Waals surface area contributed by atoms with Gasteiger partial charge in [0, 0.05) is 13.0 Å². The summed E-state index contributed by atoms with van der Waals surface area (Å²) in [4.78, 5) is 26.5. The van der Waals surface area contributed by atoms with Crippen molar-refractivity contribution in [1.29, 1.82) is 0 Å². The van der Waals surface area contributed by atoms with Crippen LogP contribution < -0.4 is 5.32 Å². The van der Waals surface area contributed by atoms with Gasteiger partial charge in [-0.05, 0) is 31.0 Å². The Kier molecular flexibility index (Phi) is 6.61. The Morgan fingerprint density at radius 1 is 1.17 bits per heavy atom. The summed E-state index contributed by atoms with van der Waals surface area (Å²) in [6.45, 7) is 4.46. The summed E-state index contributed by atoms with van der Waals surface area (Å²) in [5.74, 6) is 0.485. The van der Waals surface area contributed by atoms with Crippen molar-refractivity contribution in [3.63, 3.8) is 0 Å². The van der Waals surface area contributed by atoms with E-state index in [0.29, 0.717) is 25.3 Å². The molecular weight excluding hydrogens is 304 g/mol. The molecule has 0 aliphatic rings. The van der Waals surface area contributed by atoms with Gasteiger partial charge in [0.2, 0.25) is 11.8 Å². The Morgan fingerprint density at radius 2 is 1.92 bits per heavy atom. The van der Waals surface area contributed by atoms with Gasteiger partial charge >= 0.3 is 0 Å². The number of carbonyl (C=O) groups is 2. The van der Waals surface area contributed by atoms with Gasteiger partial charge < -0.3 is 14.6 Å². The van der Waals surface area contributed by atoms with Crippen LogP contribution in [-0.4, -0.2) is 22.8 Å². The number of nitrogens with zero attached hydrogens (tertiary/aromatic N) is 1. The van der Waals surface area contributed by atoms with Crippen molar-refractivity contribution in [3.8, 4) is 0 Å². The van der Waals surface area contributed by atoms with E-state index in [9.17, 15) is 9.59 Å². The molecule has 0 aliphatic heterocycles. The minimum atomic E-state index is -0.542. The minimum Gasteiger partial charge on any atom is -0.467 e. The van der Waals surface area contributed by atoms with Gasteiger partial charge in [-0.15, -0.1) is 0 Å². The maximum Gasteiger partial charge on any atom is 0.242 e. The topological polar surface area (TPSA) is 62.6 Å². The Labute approximate surface area is 142 Å². The molecule has 1 aromatic carbocycles. The summed E-state index contributed by atoms with van der Waals surface area (Å²) in [5, 5.41) is 2.82. The molecule has 2 amide bonds. The molecule has 0 fully saturated rings. The van der Waals surface area contributed by atoms with Crippen molar-refractivity contribution in [2.24, 2.45) is 0 Å². The zero-order valence-corrected chi connectivity index (χ0v) is 14.2. The van der Waals surface area contributed by atoms with Gasteiger partial charge in [-0.25, -0.2) is 0 Å². The first-order valence-electron chi connectivity index (χ1n) is 8.25. The summed E-state index contributed by atoms with van der Waals surface area (Å²) in [6.07, 6.45) is 2.75. The monoisotopic (exact) mass is 328 g/mol. The fraction of sp³-hybridized carbons (Fsp3) is 0.368. The van der Waals surface area contributed by atoms with E-state index in [2.05, 4.69) is 5.32 Å². The lowest BCUT2D eigenvalue weighted by Crippen LogP contribution is -2.47. The third-order valence-electron chi connectivity index (χ3n) is 3.84. The Bertz CT molecular complexity index is 638. The molecular formula is C19H24N2O3. The van der Waals surface area contributed by atoms with Gasteiger partial charge in [-0.1, -0.05) is 37.3 Å². The lowest BCUT2D eigenvalue weighted by molar-refractivity contribution is -0.140. The minimum absolute atomic E-state index is 0.0120. The third kappa shape index (κ3) is 4.98.